The number of halogens is 3. The molecule has 9 heteroatoms. The smallest absolute Gasteiger partial charge is 0.240 e. The molecular weight excluding hydrogens is 431 g/mol. The molecule has 0 aliphatic heterocycles. The summed E-state index contributed by atoms with van der Waals surface area (Å²) in [5.74, 6) is 0.921. The standard InChI is InChI=1S/C18H13Cl3N2O3S/c19-12-1-6-16(7-2-12)27(24,25)23-11-15-5-4-14(26-15)10-22-13-3-8-17(20)18(21)9-13/h1-10,23H,11H2. The molecule has 0 spiro atoms. The lowest BCUT2D eigenvalue weighted by Gasteiger charge is -2.05. The van der Waals surface area contributed by atoms with Crippen molar-refractivity contribution < 1.29 is 12.8 Å². The van der Waals surface area contributed by atoms with Crippen LogP contribution < -0.4 is 4.72 Å². The molecule has 3 rings (SSSR count). The van der Waals surface area contributed by atoms with E-state index in [1.54, 1.807) is 30.3 Å². The molecule has 2 aromatic carbocycles. The first kappa shape index (κ1) is 19.9. The highest BCUT2D eigenvalue weighted by atomic mass is 35.5. The Balaban J connectivity index is 1.64. The van der Waals surface area contributed by atoms with Gasteiger partial charge in [0.25, 0.3) is 0 Å². The van der Waals surface area contributed by atoms with E-state index < -0.39 is 10.0 Å². The third kappa shape index (κ3) is 5.34. The van der Waals surface area contributed by atoms with E-state index in [0.717, 1.165) is 0 Å². The molecule has 1 aromatic heterocycles. The van der Waals surface area contributed by atoms with Gasteiger partial charge in [-0.3, -0.25) is 4.99 Å². The number of hydrogen-bond donors (Lipinski definition) is 1. The van der Waals surface area contributed by atoms with Gasteiger partial charge < -0.3 is 4.42 Å². The monoisotopic (exact) mass is 442 g/mol. The van der Waals surface area contributed by atoms with Crippen LogP contribution in [0.1, 0.15) is 11.5 Å². The Morgan fingerprint density at radius 2 is 1.70 bits per heavy atom. The lowest BCUT2D eigenvalue weighted by molar-refractivity contribution is 0.494. The van der Waals surface area contributed by atoms with E-state index in [9.17, 15) is 8.42 Å². The molecule has 0 aliphatic carbocycles. The highest BCUT2D eigenvalue weighted by Gasteiger charge is 2.14. The molecular formula is C18H13Cl3N2O3S. The Hall–Kier alpha value is -1.83. The summed E-state index contributed by atoms with van der Waals surface area (Å²) in [5.41, 5.74) is 0.616. The molecule has 1 N–H and O–H groups in total. The van der Waals surface area contributed by atoms with Crippen LogP contribution >= 0.6 is 34.8 Å². The maximum absolute atomic E-state index is 12.2. The van der Waals surface area contributed by atoms with Gasteiger partial charge in [0, 0.05) is 5.02 Å². The van der Waals surface area contributed by atoms with E-state index in [1.165, 1.54) is 30.5 Å². The van der Waals surface area contributed by atoms with E-state index in [2.05, 4.69) is 9.71 Å². The predicted octanol–water partition coefficient (Wildman–Crippen LogP) is 5.47. The number of aliphatic imine (C=N–C) groups is 1. The van der Waals surface area contributed by atoms with Crippen molar-refractivity contribution >= 4 is 56.7 Å². The minimum Gasteiger partial charge on any atom is -0.459 e. The molecule has 0 aliphatic rings. The van der Waals surface area contributed by atoms with Gasteiger partial charge in [-0.1, -0.05) is 34.8 Å². The zero-order valence-corrected chi connectivity index (χ0v) is 16.8. The number of furan rings is 1. The van der Waals surface area contributed by atoms with Crippen LogP contribution in [0.2, 0.25) is 15.1 Å². The number of nitrogens with one attached hydrogen (secondary N) is 1. The fraction of sp³-hybridized carbons (Fsp3) is 0.0556. The molecule has 0 saturated carbocycles. The van der Waals surface area contributed by atoms with Crippen LogP contribution in [0.3, 0.4) is 0 Å². The quantitative estimate of drug-likeness (QED) is 0.514. The average Bonchev–Trinajstić information content (AvgIpc) is 3.09. The van der Waals surface area contributed by atoms with Crippen molar-refractivity contribution in [3.8, 4) is 0 Å². The Kier molecular flexibility index (Phi) is 6.24. The lowest BCUT2D eigenvalue weighted by Crippen LogP contribution is -2.22. The first-order valence-electron chi connectivity index (χ1n) is 7.66. The summed E-state index contributed by atoms with van der Waals surface area (Å²) < 4.78 is 32.5. The number of sulfonamides is 1. The maximum Gasteiger partial charge on any atom is 0.240 e. The van der Waals surface area contributed by atoms with Crippen molar-refractivity contribution in [1.82, 2.24) is 4.72 Å². The molecule has 0 radical (unpaired) electrons. The van der Waals surface area contributed by atoms with Gasteiger partial charge >= 0.3 is 0 Å². The van der Waals surface area contributed by atoms with Gasteiger partial charge in [-0.05, 0) is 54.6 Å². The first-order chi connectivity index (χ1) is 12.8. The van der Waals surface area contributed by atoms with Crippen molar-refractivity contribution in [3.63, 3.8) is 0 Å². The fourth-order valence-corrected chi connectivity index (χ4v) is 3.54. The summed E-state index contributed by atoms with van der Waals surface area (Å²) in [4.78, 5) is 4.37. The minimum absolute atomic E-state index is 0.00553. The van der Waals surface area contributed by atoms with Crippen LogP contribution in [0.15, 0.2) is 68.9 Å². The van der Waals surface area contributed by atoms with Gasteiger partial charge in [-0.25, -0.2) is 13.1 Å². The van der Waals surface area contributed by atoms with E-state index in [-0.39, 0.29) is 11.4 Å². The molecule has 0 amide bonds. The van der Waals surface area contributed by atoms with Crippen LogP contribution in [-0.4, -0.2) is 14.6 Å². The normalized spacial score (nSPS) is 12.0. The second-order valence-electron chi connectivity index (χ2n) is 5.44. The van der Waals surface area contributed by atoms with Gasteiger partial charge in [-0.2, -0.15) is 0 Å². The summed E-state index contributed by atoms with van der Waals surface area (Å²) in [6, 6.07) is 14.2. The van der Waals surface area contributed by atoms with Gasteiger partial charge in [0.2, 0.25) is 10.0 Å². The number of hydrogen-bond acceptors (Lipinski definition) is 4. The lowest BCUT2D eigenvalue weighted by atomic mass is 10.3. The number of benzene rings is 2. The van der Waals surface area contributed by atoms with Crippen LogP contribution in [0.5, 0.6) is 0 Å². The number of rotatable bonds is 6. The molecule has 0 saturated heterocycles. The summed E-state index contributed by atoms with van der Waals surface area (Å²) in [7, 11) is -3.66. The van der Waals surface area contributed by atoms with Crippen molar-refractivity contribution in [1.29, 1.82) is 0 Å². The minimum atomic E-state index is -3.66. The van der Waals surface area contributed by atoms with E-state index in [0.29, 0.717) is 32.3 Å². The third-order valence-corrected chi connectivity index (χ3v) is 5.89. The number of nitrogens with zero attached hydrogens (tertiary/aromatic N) is 1. The zero-order valence-electron chi connectivity index (χ0n) is 13.7. The van der Waals surface area contributed by atoms with Crippen molar-refractivity contribution in [3.05, 3.63) is 81.2 Å². The first-order valence-corrected chi connectivity index (χ1v) is 10.3. The van der Waals surface area contributed by atoms with Gasteiger partial charge in [-0.15, -0.1) is 0 Å². The van der Waals surface area contributed by atoms with Crippen molar-refractivity contribution in [2.45, 2.75) is 11.4 Å². The SMILES string of the molecule is O=S(=O)(NCc1ccc(C=Nc2ccc(Cl)c(Cl)c2)o1)c1ccc(Cl)cc1. The second-order valence-corrected chi connectivity index (χ2v) is 8.46. The molecule has 5 nitrogen and oxygen atoms in total. The Labute approximate surface area is 171 Å². The molecule has 0 atom stereocenters. The maximum atomic E-state index is 12.2. The van der Waals surface area contributed by atoms with Crippen molar-refractivity contribution in [2.24, 2.45) is 4.99 Å². The highest BCUT2D eigenvalue weighted by molar-refractivity contribution is 7.89. The molecule has 27 heavy (non-hydrogen) atoms. The van der Waals surface area contributed by atoms with Crippen LogP contribution in [0, 0.1) is 0 Å². The molecule has 0 fully saturated rings. The highest BCUT2D eigenvalue weighted by Crippen LogP contribution is 2.26. The largest absolute Gasteiger partial charge is 0.459 e. The third-order valence-electron chi connectivity index (χ3n) is 3.49. The molecule has 3 aromatic rings. The van der Waals surface area contributed by atoms with E-state index in [1.807, 2.05) is 0 Å². The van der Waals surface area contributed by atoms with E-state index in [4.69, 9.17) is 39.2 Å². The second kappa shape index (κ2) is 8.46. The van der Waals surface area contributed by atoms with Crippen LogP contribution in [-0.2, 0) is 16.6 Å². The van der Waals surface area contributed by atoms with Gasteiger partial charge in [0.15, 0.2) is 0 Å². The topological polar surface area (TPSA) is 71.7 Å². The summed E-state index contributed by atoms with van der Waals surface area (Å²) in [6.07, 6.45) is 1.51. The Morgan fingerprint density at radius 3 is 2.41 bits per heavy atom. The van der Waals surface area contributed by atoms with Gasteiger partial charge in [0.05, 0.1) is 33.4 Å². The summed E-state index contributed by atoms with van der Waals surface area (Å²) in [6.45, 7) is 0.00553. The average molecular weight is 444 g/mol. The fourth-order valence-electron chi connectivity index (χ4n) is 2.13. The Bertz CT molecular complexity index is 1080. The van der Waals surface area contributed by atoms with Crippen LogP contribution in [0.4, 0.5) is 5.69 Å². The van der Waals surface area contributed by atoms with Gasteiger partial charge in [0.1, 0.15) is 11.5 Å². The Morgan fingerprint density at radius 1 is 0.963 bits per heavy atom. The summed E-state index contributed by atoms with van der Waals surface area (Å²) in [5, 5.41) is 1.32. The van der Waals surface area contributed by atoms with Crippen molar-refractivity contribution in [2.75, 3.05) is 0 Å². The molecule has 0 unspecified atom stereocenters. The zero-order chi connectivity index (χ0) is 19.4. The molecule has 1 heterocycles. The predicted molar refractivity (Wildman–Crippen MR) is 108 cm³/mol. The van der Waals surface area contributed by atoms with E-state index >= 15 is 0 Å². The molecule has 0 bridgehead atoms. The molecule has 140 valence electrons. The van der Waals surface area contributed by atoms with Crippen LogP contribution in [0.25, 0.3) is 0 Å². The summed E-state index contributed by atoms with van der Waals surface area (Å²) >= 11 is 17.6.